The average molecular weight is 386 g/mol. The van der Waals surface area contributed by atoms with E-state index < -0.39 is 11.5 Å². The second-order valence-electron chi connectivity index (χ2n) is 6.33. The molecule has 0 aliphatic carbocycles. The molecule has 0 saturated carbocycles. The van der Waals surface area contributed by atoms with Gasteiger partial charge in [-0.05, 0) is 31.0 Å². The molecule has 1 aliphatic rings. The minimum Gasteiger partial charge on any atom is -0.497 e. The molecule has 1 aromatic carbocycles. The summed E-state index contributed by atoms with van der Waals surface area (Å²) < 4.78 is 11.3. The van der Waals surface area contributed by atoms with Gasteiger partial charge in [-0.25, -0.2) is 4.68 Å². The van der Waals surface area contributed by atoms with Gasteiger partial charge in [-0.15, -0.1) is 0 Å². The van der Waals surface area contributed by atoms with Crippen molar-refractivity contribution >= 4 is 17.5 Å². The molecule has 2 heterocycles. The Kier molecular flexibility index (Phi) is 5.93. The standard InChI is InChI=1S/C19H22N4O5/c1-27-13-5-6-14(16(11-13)28-2)20-17(24)12-23-18(25)8-7-15(21-23)19(26)22-9-3-4-10-22/h5-8,11H,3-4,9-10,12H2,1-2H3,(H,20,24). The number of benzene rings is 1. The number of nitrogens with one attached hydrogen (secondary N) is 1. The van der Waals surface area contributed by atoms with Crippen LogP contribution in [0.15, 0.2) is 35.1 Å². The van der Waals surface area contributed by atoms with Crippen molar-refractivity contribution in [2.75, 3.05) is 32.6 Å². The number of hydrogen-bond donors (Lipinski definition) is 1. The van der Waals surface area contributed by atoms with Gasteiger partial charge in [0.1, 0.15) is 23.7 Å². The lowest BCUT2D eigenvalue weighted by molar-refractivity contribution is -0.117. The molecule has 0 spiro atoms. The molecular weight excluding hydrogens is 364 g/mol. The Morgan fingerprint density at radius 2 is 1.86 bits per heavy atom. The van der Waals surface area contributed by atoms with E-state index in [1.807, 2.05) is 0 Å². The first-order valence-corrected chi connectivity index (χ1v) is 8.91. The molecule has 2 amide bonds. The van der Waals surface area contributed by atoms with Gasteiger partial charge >= 0.3 is 0 Å². The number of ether oxygens (including phenoxy) is 2. The number of nitrogens with zero attached hydrogens (tertiary/aromatic N) is 3. The number of methoxy groups -OCH3 is 2. The minimum atomic E-state index is -0.469. The van der Waals surface area contributed by atoms with Gasteiger partial charge in [0, 0.05) is 25.2 Å². The van der Waals surface area contributed by atoms with Crippen LogP contribution in [0.5, 0.6) is 11.5 Å². The van der Waals surface area contributed by atoms with Crippen LogP contribution in [0.1, 0.15) is 23.3 Å². The fourth-order valence-corrected chi connectivity index (χ4v) is 2.99. The maximum Gasteiger partial charge on any atom is 0.274 e. The van der Waals surface area contributed by atoms with Crippen LogP contribution in [0.2, 0.25) is 0 Å². The van der Waals surface area contributed by atoms with Crippen LogP contribution in [0, 0.1) is 0 Å². The normalized spacial score (nSPS) is 13.3. The zero-order valence-electron chi connectivity index (χ0n) is 15.8. The van der Waals surface area contributed by atoms with E-state index >= 15 is 0 Å². The van der Waals surface area contributed by atoms with Crippen molar-refractivity contribution in [2.45, 2.75) is 19.4 Å². The number of anilines is 1. The van der Waals surface area contributed by atoms with Crippen molar-refractivity contribution < 1.29 is 19.1 Å². The fraction of sp³-hybridized carbons (Fsp3) is 0.368. The molecule has 0 atom stereocenters. The van der Waals surface area contributed by atoms with E-state index in [2.05, 4.69) is 10.4 Å². The molecule has 1 fully saturated rings. The van der Waals surface area contributed by atoms with Crippen molar-refractivity contribution in [3.8, 4) is 11.5 Å². The third-order valence-electron chi connectivity index (χ3n) is 4.46. The zero-order chi connectivity index (χ0) is 20.1. The fourth-order valence-electron chi connectivity index (χ4n) is 2.99. The quantitative estimate of drug-likeness (QED) is 0.799. The summed E-state index contributed by atoms with van der Waals surface area (Å²) >= 11 is 0. The van der Waals surface area contributed by atoms with Crippen LogP contribution >= 0.6 is 0 Å². The highest BCUT2D eigenvalue weighted by atomic mass is 16.5. The second-order valence-corrected chi connectivity index (χ2v) is 6.33. The van der Waals surface area contributed by atoms with Gasteiger partial charge in [0.2, 0.25) is 5.91 Å². The Bertz CT molecular complexity index is 934. The minimum absolute atomic E-state index is 0.149. The Labute approximate surface area is 161 Å². The van der Waals surface area contributed by atoms with E-state index in [9.17, 15) is 14.4 Å². The third-order valence-corrected chi connectivity index (χ3v) is 4.46. The van der Waals surface area contributed by atoms with E-state index in [-0.39, 0.29) is 18.1 Å². The molecular formula is C19H22N4O5. The van der Waals surface area contributed by atoms with Crippen molar-refractivity contribution in [2.24, 2.45) is 0 Å². The van der Waals surface area contributed by atoms with Crippen LogP contribution in [0.4, 0.5) is 5.69 Å². The Balaban J connectivity index is 1.74. The topological polar surface area (TPSA) is 103 Å². The van der Waals surface area contributed by atoms with Crippen molar-refractivity contribution in [1.82, 2.24) is 14.7 Å². The molecule has 3 rings (SSSR count). The van der Waals surface area contributed by atoms with E-state index in [0.717, 1.165) is 17.5 Å². The van der Waals surface area contributed by atoms with Gasteiger partial charge in [0.25, 0.3) is 11.5 Å². The van der Waals surface area contributed by atoms with Crippen molar-refractivity contribution in [3.63, 3.8) is 0 Å². The smallest absolute Gasteiger partial charge is 0.274 e. The number of aromatic nitrogens is 2. The summed E-state index contributed by atoms with van der Waals surface area (Å²) in [5, 5.41) is 6.75. The molecule has 2 aromatic rings. The summed E-state index contributed by atoms with van der Waals surface area (Å²) in [5.41, 5.74) is 0.122. The lowest BCUT2D eigenvalue weighted by Crippen LogP contribution is -2.34. The number of likely N-dealkylation sites (tertiary alicyclic amines) is 1. The molecule has 1 aromatic heterocycles. The van der Waals surface area contributed by atoms with Gasteiger partial charge < -0.3 is 19.7 Å². The molecule has 0 radical (unpaired) electrons. The summed E-state index contributed by atoms with van der Waals surface area (Å²) in [4.78, 5) is 38.6. The van der Waals surface area contributed by atoms with Crippen LogP contribution in [-0.2, 0) is 11.3 Å². The zero-order valence-corrected chi connectivity index (χ0v) is 15.8. The SMILES string of the molecule is COc1ccc(NC(=O)Cn2nc(C(=O)N3CCCC3)ccc2=O)c(OC)c1. The Morgan fingerprint density at radius 1 is 1.11 bits per heavy atom. The van der Waals surface area contributed by atoms with E-state index in [0.29, 0.717) is 30.3 Å². The molecule has 28 heavy (non-hydrogen) atoms. The van der Waals surface area contributed by atoms with E-state index in [4.69, 9.17) is 9.47 Å². The molecule has 148 valence electrons. The molecule has 9 heteroatoms. The Hall–Kier alpha value is -3.36. The van der Waals surface area contributed by atoms with Crippen molar-refractivity contribution in [1.29, 1.82) is 0 Å². The first kappa shape index (κ1) is 19.4. The summed E-state index contributed by atoms with van der Waals surface area (Å²) in [6, 6.07) is 7.59. The summed E-state index contributed by atoms with van der Waals surface area (Å²) in [5.74, 6) is 0.305. The molecule has 1 saturated heterocycles. The van der Waals surface area contributed by atoms with Crippen LogP contribution in [0.3, 0.4) is 0 Å². The molecule has 0 bridgehead atoms. The van der Waals surface area contributed by atoms with Crippen LogP contribution in [0.25, 0.3) is 0 Å². The highest BCUT2D eigenvalue weighted by molar-refractivity contribution is 5.93. The predicted molar refractivity (Wildman–Crippen MR) is 102 cm³/mol. The highest BCUT2D eigenvalue weighted by Gasteiger charge is 2.21. The molecule has 1 N–H and O–H groups in total. The monoisotopic (exact) mass is 386 g/mol. The molecule has 1 aliphatic heterocycles. The summed E-state index contributed by atoms with van der Waals surface area (Å²) in [6.45, 7) is 1.03. The third kappa shape index (κ3) is 4.30. The van der Waals surface area contributed by atoms with Gasteiger partial charge in [-0.2, -0.15) is 5.10 Å². The summed E-state index contributed by atoms with van der Waals surface area (Å²) in [7, 11) is 3.01. The van der Waals surface area contributed by atoms with Crippen LogP contribution in [-0.4, -0.2) is 53.8 Å². The second kappa shape index (κ2) is 8.55. The van der Waals surface area contributed by atoms with Crippen LogP contribution < -0.4 is 20.3 Å². The first-order chi connectivity index (χ1) is 13.5. The average Bonchev–Trinajstić information content (AvgIpc) is 3.24. The Morgan fingerprint density at radius 3 is 2.54 bits per heavy atom. The highest BCUT2D eigenvalue weighted by Crippen LogP contribution is 2.28. The predicted octanol–water partition coefficient (Wildman–Crippen LogP) is 1.14. The number of carbonyl (C=O) groups excluding carboxylic acids is 2. The number of carbonyl (C=O) groups is 2. The van der Waals surface area contributed by atoms with Gasteiger partial charge in [0.05, 0.1) is 19.9 Å². The number of hydrogen-bond acceptors (Lipinski definition) is 6. The summed E-state index contributed by atoms with van der Waals surface area (Å²) in [6.07, 6.45) is 1.91. The van der Waals surface area contributed by atoms with Gasteiger partial charge in [-0.1, -0.05) is 0 Å². The maximum atomic E-state index is 12.5. The molecule has 0 unspecified atom stereocenters. The maximum absolute atomic E-state index is 12.5. The van der Waals surface area contributed by atoms with Gasteiger partial charge in [0.15, 0.2) is 0 Å². The van der Waals surface area contributed by atoms with E-state index in [1.165, 1.54) is 26.4 Å². The first-order valence-electron chi connectivity index (χ1n) is 8.91. The van der Waals surface area contributed by atoms with Crippen molar-refractivity contribution in [3.05, 3.63) is 46.4 Å². The van der Waals surface area contributed by atoms with E-state index in [1.54, 1.807) is 23.1 Å². The largest absolute Gasteiger partial charge is 0.497 e. The lowest BCUT2D eigenvalue weighted by atomic mass is 10.2. The molecule has 9 nitrogen and oxygen atoms in total. The van der Waals surface area contributed by atoms with Gasteiger partial charge in [-0.3, -0.25) is 14.4 Å². The lowest BCUT2D eigenvalue weighted by Gasteiger charge is -2.15. The number of rotatable bonds is 6. The number of amides is 2.